The molecule has 1 fully saturated rings. The van der Waals surface area contributed by atoms with Gasteiger partial charge in [-0.15, -0.1) is 0 Å². The number of hydrogen-bond acceptors (Lipinski definition) is 6. The third-order valence-corrected chi connectivity index (χ3v) is 4.69. The lowest BCUT2D eigenvalue weighted by molar-refractivity contribution is -0.145. The van der Waals surface area contributed by atoms with E-state index in [0.717, 1.165) is 37.6 Å². The quantitative estimate of drug-likeness (QED) is 0.693. The maximum atomic E-state index is 12.4. The molecule has 1 aromatic rings. The molecule has 1 aliphatic heterocycles. The highest BCUT2D eigenvalue weighted by molar-refractivity contribution is 5.85. The molecule has 2 rings (SSSR count). The molecule has 150 valence electrons. The molecule has 0 saturated carbocycles. The molecule has 1 saturated heterocycles. The molecule has 0 unspecified atom stereocenters. The van der Waals surface area contributed by atoms with Gasteiger partial charge in [-0.2, -0.15) is 0 Å². The van der Waals surface area contributed by atoms with Gasteiger partial charge >= 0.3 is 5.97 Å². The molecule has 1 heterocycles. The molecule has 1 atom stereocenters. The standard InChI is InChI=1S/C20H31N3O4/c1-15(2)13-16(20(25)27-4)21-19(24)14-22-9-11-23(12-10-22)17-7-5-6-8-18(17)26-3/h5-8,15-16H,9-14H2,1-4H3,(H,21,24)/t16-/m1/s1. The van der Waals surface area contributed by atoms with Crippen molar-refractivity contribution in [2.75, 3.05) is 51.8 Å². The molecule has 0 aliphatic carbocycles. The number of hydrogen-bond donors (Lipinski definition) is 1. The Hall–Kier alpha value is -2.28. The summed E-state index contributed by atoms with van der Waals surface area (Å²) in [6.45, 7) is 7.50. The molecular formula is C20H31N3O4. The zero-order chi connectivity index (χ0) is 19.8. The number of anilines is 1. The van der Waals surface area contributed by atoms with Gasteiger partial charge < -0.3 is 19.7 Å². The number of nitrogens with zero attached hydrogens (tertiary/aromatic N) is 2. The predicted molar refractivity (Wildman–Crippen MR) is 105 cm³/mol. The Morgan fingerprint density at radius 1 is 1.11 bits per heavy atom. The second-order valence-corrected chi connectivity index (χ2v) is 7.21. The minimum atomic E-state index is -0.586. The largest absolute Gasteiger partial charge is 0.495 e. The number of esters is 1. The van der Waals surface area contributed by atoms with E-state index in [1.54, 1.807) is 7.11 Å². The number of carbonyl (C=O) groups excluding carboxylic acids is 2. The van der Waals surface area contributed by atoms with E-state index in [1.807, 2.05) is 38.1 Å². The van der Waals surface area contributed by atoms with E-state index >= 15 is 0 Å². The fraction of sp³-hybridized carbons (Fsp3) is 0.600. The van der Waals surface area contributed by atoms with Crippen LogP contribution < -0.4 is 15.0 Å². The van der Waals surface area contributed by atoms with Crippen molar-refractivity contribution in [2.45, 2.75) is 26.3 Å². The highest BCUT2D eigenvalue weighted by Gasteiger charge is 2.25. The van der Waals surface area contributed by atoms with Crippen LogP contribution in [0.2, 0.25) is 0 Å². The van der Waals surface area contributed by atoms with Crippen LogP contribution in [0.5, 0.6) is 5.75 Å². The van der Waals surface area contributed by atoms with Crippen molar-refractivity contribution in [3.8, 4) is 5.75 Å². The minimum absolute atomic E-state index is 0.142. The maximum Gasteiger partial charge on any atom is 0.328 e. The number of piperazine rings is 1. The third kappa shape index (κ3) is 6.13. The molecule has 0 radical (unpaired) electrons. The zero-order valence-corrected chi connectivity index (χ0v) is 16.7. The van der Waals surface area contributed by atoms with E-state index in [-0.39, 0.29) is 12.5 Å². The minimum Gasteiger partial charge on any atom is -0.495 e. The summed E-state index contributed by atoms with van der Waals surface area (Å²) in [5, 5.41) is 2.82. The van der Waals surface area contributed by atoms with Crippen LogP contribution >= 0.6 is 0 Å². The van der Waals surface area contributed by atoms with Crippen molar-refractivity contribution in [3.05, 3.63) is 24.3 Å². The molecule has 27 heavy (non-hydrogen) atoms. The van der Waals surface area contributed by atoms with E-state index in [2.05, 4.69) is 15.1 Å². The molecule has 7 nitrogen and oxygen atoms in total. The lowest BCUT2D eigenvalue weighted by atomic mass is 10.0. The smallest absolute Gasteiger partial charge is 0.328 e. The summed E-state index contributed by atoms with van der Waals surface area (Å²) in [5.41, 5.74) is 1.08. The third-order valence-electron chi connectivity index (χ3n) is 4.69. The van der Waals surface area contributed by atoms with E-state index in [1.165, 1.54) is 7.11 Å². The molecule has 0 aromatic heterocycles. The van der Waals surface area contributed by atoms with Crippen molar-refractivity contribution in [3.63, 3.8) is 0 Å². The van der Waals surface area contributed by atoms with E-state index in [9.17, 15) is 9.59 Å². The number of ether oxygens (including phenoxy) is 2. The number of methoxy groups -OCH3 is 2. The van der Waals surface area contributed by atoms with Crippen molar-refractivity contribution in [2.24, 2.45) is 5.92 Å². The van der Waals surface area contributed by atoms with E-state index in [4.69, 9.17) is 9.47 Å². The Morgan fingerprint density at radius 3 is 2.37 bits per heavy atom. The number of nitrogens with one attached hydrogen (secondary N) is 1. The van der Waals surface area contributed by atoms with Crippen LogP contribution in [0.1, 0.15) is 20.3 Å². The molecule has 0 bridgehead atoms. The first-order valence-corrected chi connectivity index (χ1v) is 9.42. The van der Waals surface area contributed by atoms with Gasteiger partial charge in [0.05, 0.1) is 26.5 Å². The molecule has 1 aliphatic rings. The van der Waals surface area contributed by atoms with Crippen LogP contribution in [0, 0.1) is 5.92 Å². The van der Waals surface area contributed by atoms with Crippen LogP contribution in [0.3, 0.4) is 0 Å². The first-order chi connectivity index (χ1) is 12.9. The SMILES string of the molecule is COC(=O)[C@@H](CC(C)C)NC(=O)CN1CCN(c2ccccc2OC)CC1. The van der Waals surface area contributed by atoms with E-state index in [0.29, 0.717) is 12.3 Å². The summed E-state index contributed by atoms with van der Waals surface area (Å²) in [6, 6.07) is 7.37. The van der Waals surface area contributed by atoms with Gasteiger partial charge in [-0.1, -0.05) is 26.0 Å². The second-order valence-electron chi connectivity index (χ2n) is 7.21. The van der Waals surface area contributed by atoms with Crippen LogP contribution in [0.15, 0.2) is 24.3 Å². The topological polar surface area (TPSA) is 71.1 Å². The van der Waals surface area contributed by atoms with Gasteiger partial charge in [0.2, 0.25) is 5.91 Å². The average molecular weight is 377 g/mol. The average Bonchev–Trinajstić information content (AvgIpc) is 2.67. The monoisotopic (exact) mass is 377 g/mol. The van der Waals surface area contributed by atoms with Crippen molar-refractivity contribution in [1.82, 2.24) is 10.2 Å². The summed E-state index contributed by atoms with van der Waals surface area (Å²) in [7, 11) is 3.02. The molecule has 1 aromatic carbocycles. The molecular weight excluding hydrogens is 346 g/mol. The second kappa shape index (κ2) is 10.2. The van der Waals surface area contributed by atoms with Gasteiger partial charge in [-0.3, -0.25) is 9.69 Å². The van der Waals surface area contributed by atoms with Gasteiger partial charge in [-0.25, -0.2) is 4.79 Å². The van der Waals surface area contributed by atoms with Crippen LogP contribution in [0.25, 0.3) is 0 Å². The van der Waals surface area contributed by atoms with Crippen molar-refractivity contribution in [1.29, 1.82) is 0 Å². The van der Waals surface area contributed by atoms with Crippen LogP contribution in [0.4, 0.5) is 5.69 Å². The van der Waals surface area contributed by atoms with Crippen LogP contribution in [-0.4, -0.2) is 69.8 Å². The Labute approximate surface area is 161 Å². The number of amides is 1. The molecule has 0 spiro atoms. The summed E-state index contributed by atoms with van der Waals surface area (Å²) in [4.78, 5) is 28.6. The first-order valence-electron chi connectivity index (χ1n) is 9.42. The van der Waals surface area contributed by atoms with Gasteiger partial charge in [0, 0.05) is 26.2 Å². The van der Waals surface area contributed by atoms with Gasteiger partial charge in [0.25, 0.3) is 0 Å². The Kier molecular flexibility index (Phi) is 7.91. The lowest BCUT2D eigenvalue weighted by Gasteiger charge is -2.36. The van der Waals surface area contributed by atoms with Gasteiger partial charge in [-0.05, 0) is 24.5 Å². The summed E-state index contributed by atoms with van der Waals surface area (Å²) in [6.07, 6.45) is 0.569. The fourth-order valence-electron chi connectivity index (χ4n) is 3.31. The summed E-state index contributed by atoms with van der Waals surface area (Å²) in [5.74, 6) is 0.618. The predicted octanol–water partition coefficient (Wildman–Crippen LogP) is 1.52. The highest BCUT2D eigenvalue weighted by Crippen LogP contribution is 2.28. The summed E-state index contributed by atoms with van der Waals surface area (Å²) < 4.78 is 10.2. The molecule has 1 N–H and O–H groups in total. The zero-order valence-electron chi connectivity index (χ0n) is 16.7. The number of para-hydroxylation sites is 2. The van der Waals surface area contributed by atoms with Gasteiger partial charge in [0.1, 0.15) is 11.8 Å². The lowest BCUT2D eigenvalue weighted by Crippen LogP contribution is -2.51. The highest BCUT2D eigenvalue weighted by atomic mass is 16.5. The first kappa shape index (κ1) is 21.0. The molecule has 7 heteroatoms. The normalized spacial score (nSPS) is 16.1. The Balaban J connectivity index is 1.85. The van der Waals surface area contributed by atoms with E-state index < -0.39 is 12.0 Å². The van der Waals surface area contributed by atoms with Crippen LogP contribution in [-0.2, 0) is 14.3 Å². The van der Waals surface area contributed by atoms with Gasteiger partial charge in [0.15, 0.2) is 0 Å². The Morgan fingerprint density at radius 2 is 1.78 bits per heavy atom. The fourth-order valence-corrected chi connectivity index (χ4v) is 3.31. The molecule has 1 amide bonds. The summed E-state index contributed by atoms with van der Waals surface area (Å²) >= 11 is 0. The maximum absolute atomic E-state index is 12.4. The Bertz CT molecular complexity index is 627. The number of benzene rings is 1. The number of rotatable bonds is 8. The van der Waals surface area contributed by atoms with Crippen molar-refractivity contribution < 1.29 is 19.1 Å². The van der Waals surface area contributed by atoms with Crippen molar-refractivity contribution >= 4 is 17.6 Å². The number of carbonyl (C=O) groups is 2.